The van der Waals surface area contributed by atoms with E-state index in [4.69, 9.17) is 19.2 Å². The third-order valence-electron chi connectivity index (χ3n) is 5.95. The van der Waals surface area contributed by atoms with Crippen molar-refractivity contribution in [3.05, 3.63) is 59.3 Å². The Morgan fingerprint density at radius 3 is 2.14 bits per heavy atom. The van der Waals surface area contributed by atoms with Crippen molar-refractivity contribution in [2.45, 2.75) is 39.7 Å². The number of benzene rings is 2. The molecule has 1 amide bonds. The van der Waals surface area contributed by atoms with Gasteiger partial charge >= 0.3 is 0 Å². The van der Waals surface area contributed by atoms with Crippen LogP contribution in [0.3, 0.4) is 0 Å². The van der Waals surface area contributed by atoms with Gasteiger partial charge in [0.25, 0.3) is 0 Å². The van der Waals surface area contributed by atoms with Gasteiger partial charge in [-0.05, 0) is 38.7 Å². The maximum atomic E-state index is 9.93. The minimum Gasteiger partial charge on any atom is -0.493 e. The first-order valence-corrected chi connectivity index (χ1v) is 12.4. The van der Waals surface area contributed by atoms with Crippen molar-refractivity contribution >= 4 is 23.9 Å². The SMILES string of the molecule is COc1cc(Nc2nc(C)cc(N3CCCCC3)n2)cc(OC)c1OC.Cc1ccc(CNC=O)cc1.[HH].[HH]. The van der Waals surface area contributed by atoms with Gasteiger partial charge in [0.15, 0.2) is 11.5 Å². The fourth-order valence-corrected chi connectivity index (χ4v) is 4.04. The van der Waals surface area contributed by atoms with Crippen molar-refractivity contribution in [2.24, 2.45) is 0 Å². The number of ether oxygens (including phenoxy) is 3. The molecule has 202 valence electrons. The van der Waals surface area contributed by atoms with Crippen LogP contribution >= 0.6 is 0 Å². The van der Waals surface area contributed by atoms with E-state index in [1.807, 2.05) is 56.3 Å². The van der Waals surface area contributed by atoms with Gasteiger partial charge in [-0.3, -0.25) is 4.79 Å². The van der Waals surface area contributed by atoms with Crippen LogP contribution in [0.5, 0.6) is 17.2 Å². The Bertz CT molecular complexity index is 1130. The summed E-state index contributed by atoms with van der Waals surface area (Å²) in [4.78, 5) is 21.5. The Morgan fingerprint density at radius 1 is 0.919 bits per heavy atom. The average molecular weight is 512 g/mol. The fourth-order valence-electron chi connectivity index (χ4n) is 4.04. The summed E-state index contributed by atoms with van der Waals surface area (Å²) in [5.41, 5.74) is 4.06. The largest absolute Gasteiger partial charge is 0.493 e. The third kappa shape index (κ3) is 7.99. The lowest BCUT2D eigenvalue weighted by molar-refractivity contribution is -0.109. The molecule has 0 bridgehead atoms. The minimum atomic E-state index is 0. The van der Waals surface area contributed by atoms with Crippen molar-refractivity contribution in [3.8, 4) is 17.2 Å². The van der Waals surface area contributed by atoms with Crippen molar-refractivity contribution < 1.29 is 21.9 Å². The molecule has 0 saturated carbocycles. The van der Waals surface area contributed by atoms with Crippen LogP contribution in [0.25, 0.3) is 0 Å². The Hall–Kier alpha value is -4.01. The smallest absolute Gasteiger partial charge is 0.229 e. The number of aryl methyl sites for hydroxylation is 2. The molecule has 4 rings (SSSR count). The van der Waals surface area contributed by atoms with Crippen LogP contribution in [-0.4, -0.2) is 50.8 Å². The average Bonchev–Trinajstić information content (AvgIpc) is 2.92. The molecule has 1 fully saturated rings. The van der Waals surface area contributed by atoms with E-state index >= 15 is 0 Å². The summed E-state index contributed by atoms with van der Waals surface area (Å²) in [7, 11) is 4.78. The predicted octanol–water partition coefficient (Wildman–Crippen LogP) is 5.28. The summed E-state index contributed by atoms with van der Waals surface area (Å²) < 4.78 is 16.2. The summed E-state index contributed by atoms with van der Waals surface area (Å²) in [5, 5.41) is 5.86. The normalized spacial score (nSPS) is 12.6. The molecule has 9 nitrogen and oxygen atoms in total. The van der Waals surface area contributed by atoms with Gasteiger partial charge in [-0.25, -0.2) is 4.98 Å². The van der Waals surface area contributed by atoms with Gasteiger partial charge < -0.3 is 29.7 Å². The molecule has 9 heteroatoms. The molecule has 3 aromatic rings. The number of carbonyl (C=O) groups excluding carboxylic acids is 1. The predicted molar refractivity (Wildman–Crippen MR) is 151 cm³/mol. The van der Waals surface area contributed by atoms with Gasteiger partial charge in [-0.15, -0.1) is 0 Å². The zero-order chi connectivity index (χ0) is 26.6. The highest BCUT2D eigenvalue weighted by atomic mass is 16.5. The molecule has 0 spiro atoms. The zero-order valence-corrected chi connectivity index (χ0v) is 22.3. The fraction of sp³-hybridized carbons (Fsp3) is 0.393. The van der Waals surface area contributed by atoms with E-state index in [0.29, 0.717) is 36.2 Å². The van der Waals surface area contributed by atoms with Gasteiger partial charge in [-0.1, -0.05) is 29.8 Å². The maximum absolute atomic E-state index is 9.93. The van der Waals surface area contributed by atoms with Crippen molar-refractivity contribution in [2.75, 3.05) is 44.6 Å². The van der Waals surface area contributed by atoms with Gasteiger partial charge in [0, 0.05) is 52.1 Å². The number of amides is 1. The molecule has 2 heterocycles. The highest BCUT2D eigenvalue weighted by Gasteiger charge is 2.16. The number of nitrogens with one attached hydrogen (secondary N) is 2. The number of anilines is 3. The van der Waals surface area contributed by atoms with Crippen LogP contribution in [0.2, 0.25) is 0 Å². The molecule has 2 aromatic carbocycles. The standard InChI is InChI=1S/C19H26N4O3.C9H11NO.2H2/c1-13-10-17(23-8-6-5-7-9-23)22-19(20-13)21-14-11-15(24-2)18(26-4)16(12-14)25-3;1-8-2-4-9(5-3-8)6-10-7-11;;/h10-12H,5-9H2,1-4H3,(H,20,21,22);2-5,7H,6H2,1H3,(H,10,11);2*1H. The lowest BCUT2D eigenvalue weighted by atomic mass is 10.1. The zero-order valence-electron chi connectivity index (χ0n) is 22.3. The number of hydrogen-bond donors (Lipinski definition) is 2. The first kappa shape index (κ1) is 27.6. The lowest BCUT2D eigenvalue weighted by Crippen LogP contribution is -2.30. The molecule has 1 saturated heterocycles. The minimum absolute atomic E-state index is 0. The van der Waals surface area contributed by atoms with Gasteiger partial charge in [-0.2, -0.15) is 4.98 Å². The van der Waals surface area contributed by atoms with Crippen LogP contribution in [0.1, 0.15) is 38.9 Å². The molecule has 0 unspecified atom stereocenters. The van der Waals surface area contributed by atoms with Gasteiger partial charge in [0.1, 0.15) is 5.82 Å². The molecule has 0 radical (unpaired) electrons. The second-order valence-electron chi connectivity index (χ2n) is 8.76. The van der Waals surface area contributed by atoms with Crippen LogP contribution in [0.4, 0.5) is 17.5 Å². The number of piperidine rings is 1. The van der Waals surface area contributed by atoms with E-state index in [9.17, 15) is 4.79 Å². The topological polar surface area (TPSA) is 97.8 Å². The Labute approximate surface area is 222 Å². The summed E-state index contributed by atoms with van der Waals surface area (Å²) in [6.45, 7) is 6.72. The van der Waals surface area contributed by atoms with Crippen LogP contribution < -0.4 is 29.7 Å². The molecule has 1 aliphatic rings. The molecule has 37 heavy (non-hydrogen) atoms. The molecular formula is C28H41N5O4. The summed E-state index contributed by atoms with van der Waals surface area (Å²) >= 11 is 0. The number of methoxy groups -OCH3 is 3. The van der Waals surface area contributed by atoms with Crippen molar-refractivity contribution in [1.29, 1.82) is 0 Å². The van der Waals surface area contributed by atoms with Crippen molar-refractivity contribution in [1.82, 2.24) is 15.3 Å². The molecular weight excluding hydrogens is 470 g/mol. The molecule has 2 N–H and O–H groups in total. The van der Waals surface area contributed by atoms with Crippen molar-refractivity contribution in [3.63, 3.8) is 0 Å². The number of nitrogens with zero attached hydrogens (tertiary/aromatic N) is 3. The summed E-state index contributed by atoms with van der Waals surface area (Å²) in [6.07, 6.45) is 4.41. The van der Waals surface area contributed by atoms with E-state index in [0.717, 1.165) is 35.9 Å². The summed E-state index contributed by atoms with van der Waals surface area (Å²) in [5.74, 6) is 3.24. The molecule has 1 aromatic heterocycles. The van der Waals surface area contributed by atoms with Gasteiger partial charge in [0.05, 0.1) is 21.3 Å². The van der Waals surface area contributed by atoms with Crippen LogP contribution in [-0.2, 0) is 11.3 Å². The van der Waals surface area contributed by atoms with E-state index in [2.05, 4.69) is 20.5 Å². The molecule has 0 atom stereocenters. The second-order valence-corrected chi connectivity index (χ2v) is 8.76. The monoisotopic (exact) mass is 511 g/mol. The Kier molecular flexibility index (Phi) is 10.4. The van der Waals surface area contributed by atoms with E-state index < -0.39 is 0 Å². The second kappa shape index (κ2) is 13.9. The van der Waals surface area contributed by atoms with E-state index in [1.54, 1.807) is 21.3 Å². The lowest BCUT2D eigenvalue weighted by Gasteiger charge is -2.28. The van der Waals surface area contributed by atoms with Crippen LogP contribution in [0, 0.1) is 13.8 Å². The number of hydrogen-bond acceptors (Lipinski definition) is 8. The molecule has 1 aliphatic heterocycles. The Balaban J connectivity index is 0.000000497. The first-order valence-electron chi connectivity index (χ1n) is 12.4. The molecule has 0 aliphatic carbocycles. The Morgan fingerprint density at radius 2 is 1.57 bits per heavy atom. The quantitative estimate of drug-likeness (QED) is 0.375. The summed E-state index contributed by atoms with van der Waals surface area (Å²) in [6, 6.07) is 13.8. The maximum Gasteiger partial charge on any atom is 0.229 e. The first-order chi connectivity index (χ1) is 18.0. The third-order valence-corrected chi connectivity index (χ3v) is 5.95. The number of aromatic nitrogens is 2. The number of rotatable bonds is 9. The van der Waals surface area contributed by atoms with E-state index in [-0.39, 0.29) is 2.85 Å². The highest BCUT2D eigenvalue weighted by molar-refractivity contribution is 5.66. The number of carbonyl (C=O) groups is 1. The van der Waals surface area contributed by atoms with Crippen LogP contribution in [0.15, 0.2) is 42.5 Å². The van der Waals surface area contributed by atoms with E-state index in [1.165, 1.54) is 24.8 Å². The highest BCUT2D eigenvalue weighted by Crippen LogP contribution is 2.40. The van der Waals surface area contributed by atoms with Gasteiger partial charge in [0.2, 0.25) is 18.1 Å².